The van der Waals surface area contributed by atoms with Crippen molar-refractivity contribution < 1.29 is 0 Å². The summed E-state index contributed by atoms with van der Waals surface area (Å²) in [6.45, 7) is 7.54. The topological polar surface area (TPSA) is 12.0 Å². The van der Waals surface area contributed by atoms with Crippen molar-refractivity contribution in [1.29, 1.82) is 0 Å². The van der Waals surface area contributed by atoms with Gasteiger partial charge in [0.25, 0.3) is 0 Å². The molecule has 0 bridgehead atoms. The molecule has 0 aromatic heterocycles. The van der Waals surface area contributed by atoms with Gasteiger partial charge in [-0.05, 0) is 41.7 Å². The number of rotatable bonds is 5. The molecule has 1 nitrogen and oxygen atoms in total. The molecule has 0 radical (unpaired) electrons. The summed E-state index contributed by atoms with van der Waals surface area (Å²) in [5, 5.41) is 3.57. The average molecular weight is 332 g/mol. The lowest BCUT2D eigenvalue weighted by Gasteiger charge is -2.15. The second-order valence-corrected chi connectivity index (χ2v) is 6.47. The lowest BCUT2D eigenvalue weighted by molar-refractivity contribution is 0.574. The van der Waals surface area contributed by atoms with Crippen LogP contribution in [0.15, 0.2) is 53.0 Å². The summed E-state index contributed by atoms with van der Waals surface area (Å²) < 4.78 is 1.13. The van der Waals surface area contributed by atoms with E-state index in [1.54, 1.807) is 0 Å². The van der Waals surface area contributed by atoms with Crippen molar-refractivity contribution in [2.45, 2.75) is 39.3 Å². The van der Waals surface area contributed by atoms with E-state index in [-0.39, 0.29) is 0 Å². The van der Waals surface area contributed by atoms with E-state index in [9.17, 15) is 0 Å². The lowest BCUT2D eigenvalue weighted by Crippen LogP contribution is -2.18. The Labute approximate surface area is 130 Å². The summed E-state index contributed by atoms with van der Waals surface area (Å²) in [6.07, 6.45) is 0. The molecule has 0 unspecified atom stereocenters. The van der Waals surface area contributed by atoms with Crippen LogP contribution >= 0.6 is 15.9 Å². The minimum absolute atomic E-state index is 0.345. The number of halogens is 1. The van der Waals surface area contributed by atoms with Crippen molar-refractivity contribution in [1.82, 2.24) is 5.32 Å². The normalized spacial score (nSPS) is 12.7. The van der Waals surface area contributed by atoms with Crippen LogP contribution in [-0.2, 0) is 6.54 Å². The zero-order valence-electron chi connectivity index (χ0n) is 12.4. The summed E-state index contributed by atoms with van der Waals surface area (Å²) in [7, 11) is 0. The van der Waals surface area contributed by atoms with Gasteiger partial charge >= 0.3 is 0 Å². The highest BCUT2D eigenvalue weighted by atomic mass is 79.9. The maximum atomic E-state index is 3.57. The van der Waals surface area contributed by atoms with E-state index in [0.717, 1.165) is 11.0 Å². The van der Waals surface area contributed by atoms with Crippen molar-refractivity contribution in [3.63, 3.8) is 0 Å². The number of nitrogens with one attached hydrogen (secondary N) is 1. The molecular weight excluding hydrogens is 310 g/mol. The van der Waals surface area contributed by atoms with E-state index in [1.165, 1.54) is 16.7 Å². The molecule has 2 rings (SSSR count). The second-order valence-electron chi connectivity index (χ2n) is 5.55. The van der Waals surface area contributed by atoms with E-state index in [0.29, 0.717) is 12.0 Å². The van der Waals surface area contributed by atoms with Gasteiger partial charge in [0.15, 0.2) is 0 Å². The van der Waals surface area contributed by atoms with Gasteiger partial charge in [0.2, 0.25) is 0 Å². The van der Waals surface area contributed by atoms with Crippen LogP contribution in [0, 0.1) is 0 Å². The van der Waals surface area contributed by atoms with Crippen molar-refractivity contribution in [3.05, 3.63) is 69.7 Å². The smallest absolute Gasteiger partial charge is 0.0295 e. The van der Waals surface area contributed by atoms with Crippen molar-refractivity contribution >= 4 is 15.9 Å². The molecule has 20 heavy (non-hydrogen) atoms. The molecule has 0 aliphatic rings. The molecule has 0 aliphatic heterocycles. The fourth-order valence-corrected chi connectivity index (χ4v) is 2.60. The van der Waals surface area contributed by atoms with Crippen molar-refractivity contribution in [3.8, 4) is 0 Å². The van der Waals surface area contributed by atoms with Crippen LogP contribution in [0.3, 0.4) is 0 Å². The number of benzene rings is 2. The molecule has 0 heterocycles. The maximum Gasteiger partial charge on any atom is 0.0295 e. The molecule has 106 valence electrons. The van der Waals surface area contributed by atoms with E-state index in [1.807, 2.05) is 0 Å². The summed E-state index contributed by atoms with van der Waals surface area (Å²) in [5.41, 5.74) is 4.03. The summed E-state index contributed by atoms with van der Waals surface area (Å²) in [6, 6.07) is 17.7. The molecule has 0 spiro atoms. The molecule has 0 aliphatic carbocycles. The minimum Gasteiger partial charge on any atom is -0.306 e. The molecule has 2 aromatic carbocycles. The predicted molar refractivity (Wildman–Crippen MR) is 89.9 cm³/mol. The van der Waals surface area contributed by atoms with Gasteiger partial charge in [-0.25, -0.2) is 0 Å². The molecule has 0 amide bonds. The van der Waals surface area contributed by atoms with Gasteiger partial charge in [0.05, 0.1) is 0 Å². The van der Waals surface area contributed by atoms with E-state index >= 15 is 0 Å². The van der Waals surface area contributed by atoms with Gasteiger partial charge in [-0.15, -0.1) is 0 Å². The van der Waals surface area contributed by atoms with Crippen molar-refractivity contribution in [2.24, 2.45) is 0 Å². The first-order valence-electron chi connectivity index (χ1n) is 7.14. The molecule has 1 N–H and O–H groups in total. The lowest BCUT2D eigenvalue weighted by atomic mass is 10.0. The largest absolute Gasteiger partial charge is 0.306 e. The van der Waals surface area contributed by atoms with Gasteiger partial charge in [-0.1, -0.05) is 66.2 Å². The third kappa shape index (κ3) is 4.19. The van der Waals surface area contributed by atoms with Crippen LogP contribution in [0.25, 0.3) is 0 Å². The summed E-state index contributed by atoms with van der Waals surface area (Å²) in [4.78, 5) is 0. The van der Waals surface area contributed by atoms with E-state index < -0.39 is 0 Å². The second kappa shape index (κ2) is 7.05. The van der Waals surface area contributed by atoms with Gasteiger partial charge in [0, 0.05) is 17.1 Å². The Bertz CT molecular complexity index is 546. The molecule has 0 fully saturated rings. The number of hydrogen-bond acceptors (Lipinski definition) is 1. The van der Waals surface area contributed by atoms with Crippen LogP contribution in [0.4, 0.5) is 0 Å². The van der Waals surface area contributed by atoms with Crippen LogP contribution in [0.1, 0.15) is 49.4 Å². The summed E-state index contributed by atoms with van der Waals surface area (Å²) >= 11 is 3.52. The zero-order valence-corrected chi connectivity index (χ0v) is 13.9. The minimum atomic E-state index is 0.345. The first-order valence-corrected chi connectivity index (χ1v) is 7.93. The van der Waals surface area contributed by atoms with E-state index in [2.05, 4.69) is 90.5 Å². The Morgan fingerprint density at radius 1 is 0.950 bits per heavy atom. The highest BCUT2D eigenvalue weighted by Crippen LogP contribution is 2.19. The Kier molecular flexibility index (Phi) is 5.38. The highest BCUT2D eigenvalue weighted by Gasteiger charge is 2.05. The zero-order chi connectivity index (χ0) is 14.5. The van der Waals surface area contributed by atoms with Crippen LogP contribution in [-0.4, -0.2) is 0 Å². The van der Waals surface area contributed by atoms with Gasteiger partial charge in [-0.2, -0.15) is 0 Å². The maximum absolute atomic E-state index is 3.57. The molecule has 1 atom stereocenters. The molecule has 0 saturated carbocycles. The fourth-order valence-electron chi connectivity index (χ4n) is 2.19. The van der Waals surface area contributed by atoms with Crippen LogP contribution < -0.4 is 5.32 Å². The highest BCUT2D eigenvalue weighted by molar-refractivity contribution is 9.10. The van der Waals surface area contributed by atoms with Crippen LogP contribution in [0.5, 0.6) is 0 Å². The molecule has 2 heteroatoms. The first-order chi connectivity index (χ1) is 9.56. The van der Waals surface area contributed by atoms with Gasteiger partial charge in [0.1, 0.15) is 0 Å². The van der Waals surface area contributed by atoms with Gasteiger partial charge in [-0.3, -0.25) is 0 Å². The summed E-state index contributed by atoms with van der Waals surface area (Å²) in [5.74, 6) is 0.595. The Morgan fingerprint density at radius 3 is 2.25 bits per heavy atom. The average Bonchev–Trinajstić information content (AvgIpc) is 2.45. The SMILES string of the molecule is CC(C)c1ccc(CN[C@@H](C)c2cccc(Br)c2)cc1. The van der Waals surface area contributed by atoms with Gasteiger partial charge < -0.3 is 5.32 Å². The van der Waals surface area contributed by atoms with E-state index in [4.69, 9.17) is 0 Å². The number of hydrogen-bond donors (Lipinski definition) is 1. The fraction of sp³-hybridized carbons (Fsp3) is 0.333. The van der Waals surface area contributed by atoms with Crippen LogP contribution in [0.2, 0.25) is 0 Å². The standard InChI is InChI=1S/C18H22BrN/c1-13(2)16-9-7-15(8-10-16)12-20-14(3)17-5-4-6-18(19)11-17/h4-11,13-14,20H,12H2,1-3H3/t14-/m0/s1. The Morgan fingerprint density at radius 2 is 1.65 bits per heavy atom. The van der Waals surface area contributed by atoms with Crippen molar-refractivity contribution in [2.75, 3.05) is 0 Å². The molecule has 2 aromatic rings. The third-order valence-electron chi connectivity index (χ3n) is 3.61. The monoisotopic (exact) mass is 331 g/mol. The Hall–Kier alpha value is -1.12. The molecular formula is C18H22BrN. The quantitative estimate of drug-likeness (QED) is 0.770. The third-order valence-corrected chi connectivity index (χ3v) is 4.10. The molecule has 0 saturated heterocycles. The Balaban J connectivity index is 1.94. The first kappa shape index (κ1) is 15.3. The predicted octanol–water partition coefficient (Wildman–Crippen LogP) is 5.42.